The molecule has 0 aromatic rings. The predicted molar refractivity (Wildman–Crippen MR) is 213 cm³/mol. The van der Waals surface area contributed by atoms with Crippen LogP contribution in [-0.2, 0) is 14.2 Å². The number of hydrogen-bond acceptors (Lipinski definition) is 4. The van der Waals surface area contributed by atoms with Crippen molar-refractivity contribution in [2.45, 2.75) is 218 Å². The van der Waals surface area contributed by atoms with Crippen LogP contribution >= 0.6 is 0 Å². The Kier molecular flexibility index (Phi) is 26.4. The number of unbranched alkanes of at least 4 members (excludes halogenated alkanes) is 18. The molecule has 0 saturated carbocycles. The summed E-state index contributed by atoms with van der Waals surface area (Å²) in [6, 6.07) is 0. The lowest BCUT2D eigenvalue weighted by atomic mass is 9.98. The van der Waals surface area contributed by atoms with Crippen molar-refractivity contribution < 1.29 is 14.2 Å². The third-order valence-corrected chi connectivity index (χ3v) is 10.3. The summed E-state index contributed by atoms with van der Waals surface area (Å²) in [6.07, 6.45) is 51.9. The number of hydrogen-bond donors (Lipinski definition) is 0. The molecule has 4 nitrogen and oxygen atoms in total. The van der Waals surface area contributed by atoms with Crippen LogP contribution in [0.1, 0.15) is 188 Å². The Labute approximate surface area is 305 Å². The third kappa shape index (κ3) is 21.0. The summed E-state index contributed by atoms with van der Waals surface area (Å²) >= 11 is 0. The molecule has 0 radical (unpaired) electrons. The number of likely N-dealkylation sites (N-methyl/N-ethyl adjacent to an activating group) is 1. The largest absolute Gasteiger partial charge is 0.368 e. The zero-order chi connectivity index (χ0) is 35.3. The Bertz CT molecular complexity index is 826. The van der Waals surface area contributed by atoms with Gasteiger partial charge in [-0.25, -0.2) is 0 Å². The van der Waals surface area contributed by atoms with Crippen LogP contribution < -0.4 is 0 Å². The van der Waals surface area contributed by atoms with Crippen molar-refractivity contribution in [1.82, 2.24) is 4.90 Å². The second kappa shape index (κ2) is 29.4. The third-order valence-electron chi connectivity index (χ3n) is 10.3. The van der Waals surface area contributed by atoms with Crippen LogP contribution in [0.2, 0.25) is 0 Å². The van der Waals surface area contributed by atoms with E-state index in [2.05, 4.69) is 88.4 Å². The van der Waals surface area contributed by atoms with E-state index >= 15 is 0 Å². The maximum Gasteiger partial charge on any atom is 0.169 e. The van der Waals surface area contributed by atoms with Gasteiger partial charge in [0, 0.05) is 19.4 Å². The van der Waals surface area contributed by atoms with Crippen molar-refractivity contribution in [3.8, 4) is 0 Å². The molecule has 284 valence electrons. The molecular weight excluding hydrogens is 602 g/mol. The maximum atomic E-state index is 6.91. The fourth-order valence-corrected chi connectivity index (χ4v) is 7.37. The highest BCUT2D eigenvalue weighted by atomic mass is 16.8. The highest BCUT2D eigenvalue weighted by molar-refractivity contribution is 4.99. The first-order valence-electron chi connectivity index (χ1n) is 21.3. The number of allylic oxidation sites excluding steroid dienone is 8. The lowest BCUT2D eigenvalue weighted by Gasteiger charge is -2.31. The van der Waals surface area contributed by atoms with Crippen LogP contribution in [0.25, 0.3) is 0 Å². The number of nitrogens with zero attached hydrogens (tertiary/aromatic N) is 1. The number of ether oxygens (including phenoxy) is 3. The van der Waals surface area contributed by atoms with Crippen LogP contribution in [-0.4, -0.2) is 55.7 Å². The van der Waals surface area contributed by atoms with Gasteiger partial charge in [0.2, 0.25) is 0 Å². The fourth-order valence-electron chi connectivity index (χ4n) is 7.37. The van der Waals surface area contributed by atoms with E-state index in [-0.39, 0.29) is 24.4 Å². The lowest BCUT2D eigenvalue weighted by Crippen LogP contribution is -2.38. The molecule has 0 N–H and O–H groups in total. The molecule has 0 aromatic carbocycles. The summed E-state index contributed by atoms with van der Waals surface area (Å²) in [7, 11) is 4.25. The molecule has 0 amide bonds. The quantitative estimate of drug-likeness (QED) is 0.0522. The van der Waals surface area contributed by atoms with E-state index in [0.717, 1.165) is 32.2 Å². The van der Waals surface area contributed by atoms with Gasteiger partial charge in [-0.1, -0.05) is 140 Å². The highest BCUT2D eigenvalue weighted by Gasteiger charge is 2.56. The Morgan fingerprint density at radius 2 is 0.878 bits per heavy atom. The van der Waals surface area contributed by atoms with Gasteiger partial charge in [-0.15, -0.1) is 0 Å². The molecular formula is C45H81NO3. The molecule has 2 rings (SSSR count). The maximum absolute atomic E-state index is 6.91. The summed E-state index contributed by atoms with van der Waals surface area (Å²) in [5.74, 6) is -0.414. The summed E-state index contributed by atoms with van der Waals surface area (Å²) in [6.45, 7) is 7.60. The average Bonchev–Trinajstić information content (AvgIpc) is 3.59. The van der Waals surface area contributed by atoms with E-state index < -0.39 is 5.79 Å². The zero-order valence-corrected chi connectivity index (χ0v) is 33.2. The van der Waals surface area contributed by atoms with Gasteiger partial charge in [0.1, 0.15) is 12.2 Å². The minimum atomic E-state index is -0.414. The van der Waals surface area contributed by atoms with Crippen molar-refractivity contribution in [1.29, 1.82) is 0 Å². The van der Waals surface area contributed by atoms with E-state index in [1.165, 1.54) is 141 Å². The van der Waals surface area contributed by atoms with Crippen molar-refractivity contribution in [3.63, 3.8) is 0 Å². The molecule has 2 aliphatic rings. The van der Waals surface area contributed by atoms with E-state index in [9.17, 15) is 0 Å². The second-order valence-electron chi connectivity index (χ2n) is 15.4. The summed E-state index contributed by atoms with van der Waals surface area (Å²) < 4.78 is 20.1. The SMILES string of the molecule is CCCCC/C=C\C/C=C\CCCCCCCCC1(CCCCCCCC/C=C\C/C=C\CCCCC)O[C@@H]2[C@H](O1)[C@@H](CN(C)C)O[C@H]2C. The Hall–Kier alpha value is -1.20. The van der Waals surface area contributed by atoms with Gasteiger partial charge in [-0.2, -0.15) is 0 Å². The summed E-state index contributed by atoms with van der Waals surface area (Å²) in [5, 5.41) is 0. The van der Waals surface area contributed by atoms with E-state index in [0.29, 0.717) is 0 Å². The van der Waals surface area contributed by atoms with Gasteiger partial charge in [0.05, 0.1) is 12.2 Å². The molecule has 0 unspecified atom stereocenters. The van der Waals surface area contributed by atoms with Gasteiger partial charge in [0.15, 0.2) is 5.79 Å². The van der Waals surface area contributed by atoms with Crippen molar-refractivity contribution in [3.05, 3.63) is 48.6 Å². The Morgan fingerprint density at radius 1 is 0.490 bits per heavy atom. The zero-order valence-electron chi connectivity index (χ0n) is 33.2. The summed E-state index contributed by atoms with van der Waals surface area (Å²) in [5.41, 5.74) is 0. The van der Waals surface area contributed by atoms with Crippen LogP contribution in [0, 0.1) is 0 Å². The molecule has 0 aliphatic carbocycles. The second-order valence-corrected chi connectivity index (χ2v) is 15.4. The summed E-state index contributed by atoms with van der Waals surface area (Å²) in [4.78, 5) is 2.22. The van der Waals surface area contributed by atoms with Crippen molar-refractivity contribution in [2.24, 2.45) is 0 Å². The Balaban J connectivity index is 1.63. The number of rotatable bonds is 32. The minimum Gasteiger partial charge on any atom is -0.368 e. The monoisotopic (exact) mass is 684 g/mol. The predicted octanol–water partition coefficient (Wildman–Crippen LogP) is 13.2. The standard InChI is InChI=1S/C45H81NO3/c1-6-8-10-12-14-16-18-20-22-24-26-28-30-32-34-36-38-45(48-43-41(3)47-42(40-46(4)5)44(43)49-45)39-37-35-33-31-29-27-25-23-21-19-17-15-13-11-9-7-2/h14-17,20-23,41-44H,6-13,18-19,24-40H2,1-5H3/b16-14-,17-15-,22-20-,23-21-/t41-,42+,43-,44+/m0/s1. The molecule has 2 aliphatic heterocycles. The van der Waals surface area contributed by atoms with Crippen molar-refractivity contribution >= 4 is 0 Å². The molecule has 49 heavy (non-hydrogen) atoms. The smallest absolute Gasteiger partial charge is 0.169 e. The Morgan fingerprint density at radius 3 is 1.31 bits per heavy atom. The lowest BCUT2D eigenvalue weighted by molar-refractivity contribution is -0.217. The van der Waals surface area contributed by atoms with E-state index in [4.69, 9.17) is 14.2 Å². The average molecular weight is 684 g/mol. The van der Waals surface area contributed by atoms with Crippen LogP contribution in [0.5, 0.6) is 0 Å². The molecule has 4 atom stereocenters. The van der Waals surface area contributed by atoms with Gasteiger partial charge in [0.25, 0.3) is 0 Å². The van der Waals surface area contributed by atoms with Gasteiger partial charge in [-0.05, 0) is 98.1 Å². The molecule has 4 heteroatoms. The number of fused-ring (bicyclic) bond motifs is 1. The fraction of sp³-hybridized carbons (Fsp3) is 0.822. The van der Waals surface area contributed by atoms with E-state index in [1.54, 1.807) is 0 Å². The molecule has 2 heterocycles. The van der Waals surface area contributed by atoms with Crippen molar-refractivity contribution in [2.75, 3.05) is 20.6 Å². The van der Waals surface area contributed by atoms with Gasteiger partial charge >= 0.3 is 0 Å². The first kappa shape index (κ1) is 44.0. The van der Waals surface area contributed by atoms with Gasteiger partial charge < -0.3 is 19.1 Å². The highest BCUT2D eigenvalue weighted by Crippen LogP contribution is 2.44. The van der Waals surface area contributed by atoms with Crippen LogP contribution in [0.15, 0.2) is 48.6 Å². The first-order chi connectivity index (χ1) is 24.0. The van der Waals surface area contributed by atoms with Crippen LogP contribution in [0.4, 0.5) is 0 Å². The van der Waals surface area contributed by atoms with Gasteiger partial charge in [-0.3, -0.25) is 0 Å². The topological polar surface area (TPSA) is 30.9 Å². The molecule has 0 spiro atoms. The van der Waals surface area contributed by atoms with Crippen LogP contribution in [0.3, 0.4) is 0 Å². The first-order valence-corrected chi connectivity index (χ1v) is 21.3. The molecule has 2 saturated heterocycles. The van der Waals surface area contributed by atoms with E-state index in [1.807, 2.05) is 0 Å². The molecule has 2 fully saturated rings. The molecule has 0 aromatic heterocycles. The minimum absolute atomic E-state index is 0.0617. The normalized spacial score (nSPS) is 22.3. The molecule has 0 bridgehead atoms.